The Morgan fingerprint density at radius 3 is 1.80 bits per heavy atom. The molecule has 7 heteroatoms. The molecule has 0 N–H and O–H groups in total. The number of carbonyl (C=O) groups is 2. The van der Waals surface area contributed by atoms with E-state index in [1.54, 1.807) is 17.9 Å². The Kier molecular flexibility index (Phi) is 5.62. The van der Waals surface area contributed by atoms with Gasteiger partial charge >= 0.3 is 99.1 Å². The summed E-state index contributed by atoms with van der Waals surface area (Å²) < 4.78 is 9.81. The van der Waals surface area contributed by atoms with Gasteiger partial charge in [-0.25, -0.2) is 0 Å². The molecule has 1 heterocycles. The van der Waals surface area contributed by atoms with E-state index in [0.29, 0.717) is 11.5 Å². The van der Waals surface area contributed by atoms with Gasteiger partial charge < -0.3 is 0 Å². The summed E-state index contributed by atoms with van der Waals surface area (Å²) >= 11 is -2.33. The number of rotatable bonds is 0. The van der Waals surface area contributed by atoms with Gasteiger partial charge in [0.2, 0.25) is 0 Å². The second-order valence-corrected chi connectivity index (χ2v) is 32.9. The Balaban J connectivity index is 2.54. The molecular weight excluding hydrogens is 343 g/mol. The van der Waals surface area contributed by atoms with Crippen LogP contribution in [0.15, 0.2) is 0 Å². The third kappa shape index (κ3) is 5.91. The molecule has 0 unspecified atom stereocenters. The zero-order valence-corrected chi connectivity index (χ0v) is 13.3. The zero-order valence-electron chi connectivity index (χ0n) is 8.78. The van der Waals surface area contributed by atoms with Gasteiger partial charge in [-0.2, -0.15) is 0 Å². The van der Waals surface area contributed by atoms with Crippen LogP contribution in [0.25, 0.3) is 0 Å². The molecule has 0 radical (unpaired) electrons. The molecule has 0 amide bonds. The van der Waals surface area contributed by atoms with E-state index in [9.17, 15) is 9.59 Å². The minimum atomic E-state index is -2.33. The van der Waals surface area contributed by atoms with Crippen LogP contribution in [0.4, 0.5) is 0 Å². The Hall–Kier alpha value is 0.439. The van der Waals surface area contributed by atoms with Gasteiger partial charge in [0.25, 0.3) is 0 Å². The molecule has 4 nitrogen and oxygen atoms in total. The summed E-state index contributed by atoms with van der Waals surface area (Å²) in [6.07, 6.45) is 0. The van der Waals surface area contributed by atoms with E-state index in [1.807, 2.05) is 0 Å². The molecule has 15 heavy (non-hydrogen) atoms. The van der Waals surface area contributed by atoms with Crippen molar-refractivity contribution in [3.8, 4) is 0 Å². The van der Waals surface area contributed by atoms with Crippen molar-refractivity contribution in [2.45, 2.75) is 9.88 Å². The van der Waals surface area contributed by atoms with Crippen LogP contribution in [0.1, 0.15) is 0 Å². The molecule has 0 aromatic rings. The molecule has 0 aliphatic carbocycles. The van der Waals surface area contributed by atoms with Crippen LogP contribution in [0, 0.1) is 0 Å². The SMILES string of the molecule is [CH3][Sn]1([CH3])[S]CC(=O)OCCOC(=O)C[S]1. The normalized spacial score (nSPS) is 23.6. The Morgan fingerprint density at radius 1 is 1.00 bits per heavy atom. The van der Waals surface area contributed by atoms with Gasteiger partial charge in [-0.15, -0.1) is 0 Å². The van der Waals surface area contributed by atoms with E-state index >= 15 is 0 Å². The van der Waals surface area contributed by atoms with Gasteiger partial charge in [0, 0.05) is 0 Å². The van der Waals surface area contributed by atoms with E-state index in [2.05, 4.69) is 9.88 Å². The monoisotopic (exact) mass is 358 g/mol. The Labute approximate surface area is 98.6 Å². The second kappa shape index (κ2) is 6.24. The summed E-state index contributed by atoms with van der Waals surface area (Å²) in [5.74, 6) is 0.404. The first-order valence-electron chi connectivity index (χ1n) is 4.59. The summed E-state index contributed by atoms with van der Waals surface area (Å²) in [4.78, 5) is 26.8. The Bertz CT molecular complexity index is 233. The van der Waals surface area contributed by atoms with E-state index in [-0.39, 0.29) is 25.2 Å². The van der Waals surface area contributed by atoms with Gasteiger partial charge in [-0.1, -0.05) is 0 Å². The van der Waals surface area contributed by atoms with Crippen LogP contribution in [0.2, 0.25) is 9.88 Å². The van der Waals surface area contributed by atoms with E-state index in [1.165, 1.54) is 0 Å². The molecule has 0 aromatic heterocycles. The molecule has 1 aliphatic rings. The molecule has 1 fully saturated rings. The third-order valence-corrected chi connectivity index (χ3v) is 23.0. The van der Waals surface area contributed by atoms with Crippen molar-refractivity contribution in [3.05, 3.63) is 0 Å². The molecule has 0 aromatic carbocycles. The van der Waals surface area contributed by atoms with Crippen LogP contribution in [-0.2, 0) is 19.1 Å². The summed E-state index contributed by atoms with van der Waals surface area (Å²) in [7, 11) is 3.37. The van der Waals surface area contributed by atoms with Crippen molar-refractivity contribution < 1.29 is 19.1 Å². The first kappa shape index (κ1) is 13.5. The second-order valence-electron chi connectivity index (χ2n) is 3.42. The molecule has 1 saturated heterocycles. The van der Waals surface area contributed by atoms with E-state index in [0.717, 1.165) is 0 Å². The van der Waals surface area contributed by atoms with E-state index in [4.69, 9.17) is 9.47 Å². The minimum absolute atomic E-state index is 0.172. The average molecular weight is 357 g/mol. The fraction of sp³-hybridized carbons (Fsp3) is 0.750. The Morgan fingerprint density at radius 2 is 1.40 bits per heavy atom. The maximum atomic E-state index is 11.2. The predicted octanol–water partition coefficient (Wildman–Crippen LogP) is 1.25. The van der Waals surface area contributed by atoms with Gasteiger partial charge in [0.15, 0.2) is 0 Å². The summed E-state index contributed by atoms with van der Waals surface area (Å²) in [5.41, 5.74) is 0. The number of hydrogen-bond acceptors (Lipinski definition) is 6. The average Bonchev–Trinajstić information content (AvgIpc) is 2.20. The third-order valence-electron chi connectivity index (χ3n) is 1.68. The molecule has 1 aliphatic heterocycles. The quantitative estimate of drug-likeness (QED) is 0.481. The first-order chi connectivity index (χ1) is 6.99. The van der Waals surface area contributed by atoms with Gasteiger partial charge in [-0.3, -0.25) is 0 Å². The van der Waals surface area contributed by atoms with Gasteiger partial charge in [-0.05, 0) is 0 Å². The molecule has 1 rings (SSSR count). The van der Waals surface area contributed by atoms with Crippen LogP contribution < -0.4 is 0 Å². The number of ether oxygens (including phenoxy) is 2. The fourth-order valence-corrected chi connectivity index (χ4v) is 14.8. The number of cyclic esters (lactones) is 2. The van der Waals surface area contributed by atoms with Crippen LogP contribution >= 0.6 is 17.9 Å². The summed E-state index contributed by atoms with van der Waals surface area (Å²) in [6.45, 7) is 0.345. The van der Waals surface area contributed by atoms with Crippen molar-refractivity contribution in [2.24, 2.45) is 0 Å². The molecule has 0 bridgehead atoms. The summed E-state index contributed by atoms with van der Waals surface area (Å²) in [6, 6.07) is 0. The number of esters is 2. The van der Waals surface area contributed by atoms with Crippen molar-refractivity contribution in [3.63, 3.8) is 0 Å². The van der Waals surface area contributed by atoms with Crippen molar-refractivity contribution in [2.75, 3.05) is 24.7 Å². The molecule has 0 saturated carbocycles. The standard InChI is InChI=1S/C6H10O4S2.2CH3.Sn/c7-5(3-11)9-1-2-10-6(8)4-12;;;/h11-12H,1-4H2;2*1H3;/q;;;+2/p-2. The number of hydrogen-bond donors (Lipinski definition) is 0. The van der Waals surface area contributed by atoms with Crippen LogP contribution in [0.3, 0.4) is 0 Å². The zero-order chi connectivity index (χ0) is 11.3. The van der Waals surface area contributed by atoms with Gasteiger partial charge in [0.1, 0.15) is 0 Å². The first-order valence-corrected chi connectivity index (χ1v) is 19.3. The molecular formula is C8H14O4S2Sn. The van der Waals surface area contributed by atoms with Crippen molar-refractivity contribution in [1.82, 2.24) is 0 Å². The predicted molar refractivity (Wildman–Crippen MR) is 64.3 cm³/mol. The molecule has 0 atom stereocenters. The van der Waals surface area contributed by atoms with Crippen molar-refractivity contribution >= 4 is 45.4 Å². The topological polar surface area (TPSA) is 52.6 Å². The maximum absolute atomic E-state index is 11.2. The van der Waals surface area contributed by atoms with Crippen LogP contribution in [0.5, 0.6) is 0 Å². The van der Waals surface area contributed by atoms with E-state index < -0.39 is 15.6 Å². The van der Waals surface area contributed by atoms with Gasteiger partial charge in [0.05, 0.1) is 0 Å². The van der Waals surface area contributed by atoms with Crippen molar-refractivity contribution in [1.29, 1.82) is 0 Å². The summed E-state index contributed by atoms with van der Waals surface area (Å²) in [5, 5.41) is 0. The van der Waals surface area contributed by atoms with Crippen LogP contribution in [-0.4, -0.2) is 52.3 Å². The number of carbonyl (C=O) groups excluding carboxylic acids is 2. The fourth-order valence-electron chi connectivity index (χ4n) is 0.901. The molecule has 86 valence electrons. The molecule has 0 spiro atoms.